The standard InChI is InChI=1S/C5H11N2O/c8-4-5-3-6-1-2-7-5/h5,7-8H,1-4H2. The minimum atomic E-state index is 0.212. The predicted molar refractivity (Wildman–Crippen MR) is 30.7 cm³/mol. The molecule has 1 saturated heterocycles. The Hall–Kier alpha value is -0.120. The lowest BCUT2D eigenvalue weighted by atomic mass is 10.2. The van der Waals surface area contributed by atoms with Gasteiger partial charge in [0.2, 0.25) is 0 Å². The molecule has 1 radical (unpaired) electrons. The molecule has 0 spiro atoms. The number of aliphatic hydroxyl groups excluding tert-OH is 1. The second-order valence-electron chi connectivity index (χ2n) is 1.96. The van der Waals surface area contributed by atoms with Crippen LogP contribution in [0.3, 0.4) is 0 Å². The van der Waals surface area contributed by atoms with Gasteiger partial charge in [-0.1, -0.05) is 0 Å². The number of nitrogens with zero attached hydrogens (tertiary/aromatic N) is 1. The van der Waals surface area contributed by atoms with Crippen LogP contribution in [0.5, 0.6) is 0 Å². The van der Waals surface area contributed by atoms with Crippen LogP contribution in [0.4, 0.5) is 0 Å². The molecule has 1 heterocycles. The second kappa shape index (κ2) is 3.02. The summed E-state index contributed by atoms with van der Waals surface area (Å²) in [5.41, 5.74) is 0. The molecule has 3 heteroatoms. The monoisotopic (exact) mass is 115 g/mol. The topological polar surface area (TPSA) is 46.4 Å². The Morgan fingerprint density at radius 1 is 1.75 bits per heavy atom. The summed E-state index contributed by atoms with van der Waals surface area (Å²) < 4.78 is 0. The Morgan fingerprint density at radius 2 is 2.62 bits per heavy atom. The molecule has 0 aliphatic carbocycles. The number of hydrogen-bond acceptors (Lipinski definition) is 2. The van der Waals surface area contributed by atoms with E-state index in [0.29, 0.717) is 0 Å². The van der Waals surface area contributed by atoms with Crippen molar-refractivity contribution in [2.45, 2.75) is 6.04 Å². The number of hydrogen-bond donors (Lipinski definition) is 2. The lowest BCUT2D eigenvalue weighted by Gasteiger charge is -2.20. The predicted octanol–water partition coefficient (Wildman–Crippen LogP) is -1.45. The van der Waals surface area contributed by atoms with Gasteiger partial charge >= 0.3 is 0 Å². The summed E-state index contributed by atoms with van der Waals surface area (Å²) in [5.74, 6) is 0. The Balaban J connectivity index is 2.13. The zero-order chi connectivity index (χ0) is 5.82. The SMILES string of the molecule is OCC1C[N]CCN1. The molecule has 1 atom stereocenters. The Bertz CT molecular complexity index is 61.4. The molecule has 1 aliphatic rings. The molecule has 8 heavy (non-hydrogen) atoms. The largest absolute Gasteiger partial charge is 0.395 e. The molecular formula is C5H11N2O. The van der Waals surface area contributed by atoms with E-state index in [1.807, 2.05) is 0 Å². The first-order chi connectivity index (χ1) is 3.93. The van der Waals surface area contributed by atoms with Gasteiger partial charge in [-0.3, -0.25) is 0 Å². The quantitative estimate of drug-likeness (QED) is 0.439. The Morgan fingerprint density at radius 3 is 3.00 bits per heavy atom. The van der Waals surface area contributed by atoms with Crippen molar-refractivity contribution in [2.24, 2.45) is 0 Å². The summed E-state index contributed by atoms with van der Waals surface area (Å²) in [6, 6.07) is 0.226. The van der Waals surface area contributed by atoms with Gasteiger partial charge in [0.05, 0.1) is 6.61 Å². The summed E-state index contributed by atoms with van der Waals surface area (Å²) >= 11 is 0. The normalized spacial score (nSPS) is 30.4. The fraction of sp³-hybridized carbons (Fsp3) is 1.00. The van der Waals surface area contributed by atoms with Gasteiger partial charge in [-0.15, -0.1) is 0 Å². The minimum Gasteiger partial charge on any atom is -0.395 e. The van der Waals surface area contributed by atoms with Gasteiger partial charge in [0.15, 0.2) is 0 Å². The zero-order valence-electron chi connectivity index (χ0n) is 4.80. The highest BCUT2D eigenvalue weighted by Crippen LogP contribution is 1.84. The van der Waals surface area contributed by atoms with E-state index in [1.54, 1.807) is 0 Å². The van der Waals surface area contributed by atoms with Crippen LogP contribution in [0, 0.1) is 0 Å². The molecule has 1 aliphatic heterocycles. The molecule has 47 valence electrons. The van der Waals surface area contributed by atoms with Crippen molar-refractivity contribution in [3.63, 3.8) is 0 Å². The fourth-order valence-electron chi connectivity index (χ4n) is 0.782. The molecule has 3 nitrogen and oxygen atoms in total. The third-order valence-electron chi connectivity index (χ3n) is 1.27. The van der Waals surface area contributed by atoms with Crippen LogP contribution in [-0.4, -0.2) is 37.4 Å². The maximum absolute atomic E-state index is 8.57. The van der Waals surface area contributed by atoms with Gasteiger partial charge in [-0.05, 0) is 0 Å². The number of rotatable bonds is 1. The van der Waals surface area contributed by atoms with Crippen molar-refractivity contribution in [3.05, 3.63) is 0 Å². The van der Waals surface area contributed by atoms with E-state index in [9.17, 15) is 0 Å². The van der Waals surface area contributed by atoms with Gasteiger partial charge in [0, 0.05) is 25.7 Å². The number of nitrogens with one attached hydrogen (secondary N) is 1. The third-order valence-corrected chi connectivity index (χ3v) is 1.27. The van der Waals surface area contributed by atoms with Crippen LogP contribution in [0.25, 0.3) is 0 Å². The smallest absolute Gasteiger partial charge is 0.0597 e. The van der Waals surface area contributed by atoms with Gasteiger partial charge in [0.1, 0.15) is 0 Å². The van der Waals surface area contributed by atoms with E-state index >= 15 is 0 Å². The fourth-order valence-corrected chi connectivity index (χ4v) is 0.782. The maximum Gasteiger partial charge on any atom is 0.0597 e. The molecule has 1 fully saturated rings. The second-order valence-corrected chi connectivity index (χ2v) is 1.96. The van der Waals surface area contributed by atoms with Crippen molar-refractivity contribution in [2.75, 3.05) is 26.2 Å². The van der Waals surface area contributed by atoms with Gasteiger partial charge in [-0.25, -0.2) is 5.32 Å². The van der Waals surface area contributed by atoms with Crippen LogP contribution in [0.15, 0.2) is 0 Å². The molecule has 0 aromatic heterocycles. The van der Waals surface area contributed by atoms with E-state index in [4.69, 9.17) is 5.11 Å². The lowest BCUT2D eigenvalue weighted by Crippen LogP contribution is -2.47. The molecular weight excluding hydrogens is 104 g/mol. The van der Waals surface area contributed by atoms with Gasteiger partial charge in [-0.2, -0.15) is 0 Å². The third kappa shape index (κ3) is 1.43. The summed E-state index contributed by atoms with van der Waals surface area (Å²) in [7, 11) is 0. The molecule has 2 N–H and O–H groups in total. The van der Waals surface area contributed by atoms with Crippen LogP contribution in [0.2, 0.25) is 0 Å². The summed E-state index contributed by atoms with van der Waals surface area (Å²) in [6.07, 6.45) is 0. The van der Waals surface area contributed by atoms with Crippen LogP contribution in [-0.2, 0) is 0 Å². The molecule has 0 aromatic rings. The van der Waals surface area contributed by atoms with Crippen LogP contribution in [0.1, 0.15) is 0 Å². The van der Waals surface area contributed by atoms with E-state index in [0.717, 1.165) is 19.6 Å². The van der Waals surface area contributed by atoms with Crippen molar-refractivity contribution in [3.8, 4) is 0 Å². The molecule has 0 amide bonds. The molecule has 1 rings (SSSR count). The molecule has 1 unspecified atom stereocenters. The van der Waals surface area contributed by atoms with Crippen LogP contribution >= 0.6 is 0 Å². The van der Waals surface area contributed by atoms with Crippen LogP contribution < -0.4 is 10.6 Å². The van der Waals surface area contributed by atoms with E-state index in [-0.39, 0.29) is 12.6 Å². The Labute approximate surface area is 49.1 Å². The van der Waals surface area contributed by atoms with Gasteiger partial charge < -0.3 is 10.4 Å². The summed E-state index contributed by atoms with van der Waals surface area (Å²) in [4.78, 5) is 0. The highest BCUT2D eigenvalue weighted by atomic mass is 16.3. The molecule has 0 bridgehead atoms. The first-order valence-electron chi connectivity index (χ1n) is 2.91. The van der Waals surface area contributed by atoms with Crippen molar-refractivity contribution < 1.29 is 5.11 Å². The van der Waals surface area contributed by atoms with Gasteiger partial charge in [0.25, 0.3) is 0 Å². The zero-order valence-corrected chi connectivity index (χ0v) is 4.80. The molecule has 0 aromatic carbocycles. The molecule has 0 saturated carbocycles. The average Bonchev–Trinajstić information content (AvgIpc) is 1.90. The highest BCUT2D eigenvalue weighted by Gasteiger charge is 2.09. The summed E-state index contributed by atoms with van der Waals surface area (Å²) in [5, 5.41) is 15.8. The number of piperazine rings is 1. The number of aliphatic hydroxyl groups is 1. The maximum atomic E-state index is 8.57. The Kier molecular flexibility index (Phi) is 2.27. The van der Waals surface area contributed by atoms with E-state index in [1.165, 1.54) is 0 Å². The van der Waals surface area contributed by atoms with Crippen molar-refractivity contribution in [1.29, 1.82) is 0 Å². The first kappa shape index (κ1) is 6.01. The van der Waals surface area contributed by atoms with Crippen molar-refractivity contribution >= 4 is 0 Å². The van der Waals surface area contributed by atoms with E-state index < -0.39 is 0 Å². The highest BCUT2D eigenvalue weighted by molar-refractivity contribution is 4.73. The van der Waals surface area contributed by atoms with Crippen molar-refractivity contribution in [1.82, 2.24) is 10.6 Å². The van der Waals surface area contributed by atoms with E-state index in [2.05, 4.69) is 10.6 Å². The summed E-state index contributed by atoms with van der Waals surface area (Å²) in [6.45, 7) is 2.81. The average molecular weight is 115 g/mol. The minimum absolute atomic E-state index is 0.212. The lowest BCUT2D eigenvalue weighted by molar-refractivity contribution is 0.226. The first-order valence-corrected chi connectivity index (χ1v) is 2.91.